The van der Waals surface area contributed by atoms with Gasteiger partial charge in [-0.05, 0) is 32.6 Å². The Labute approximate surface area is 239 Å². The molecule has 1 aliphatic carbocycles. The average Bonchev–Trinajstić information content (AvgIpc) is 3.36. The minimum absolute atomic E-state index is 0.0606. The molecule has 0 radical (unpaired) electrons. The topological polar surface area (TPSA) is 165 Å². The molecule has 0 bridgehead atoms. The lowest BCUT2D eigenvalue weighted by Gasteiger charge is -2.28. The summed E-state index contributed by atoms with van der Waals surface area (Å²) in [6, 6.07) is 0. The normalized spacial score (nSPS) is 19.1. The second-order valence-electron chi connectivity index (χ2n) is 9.10. The van der Waals surface area contributed by atoms with Gasteiger partial charge in [0, 0.05) is 25.4 Å². The van der Waals surface area contributed by atoms with Crippen molar-refractivity contribution in [1.82, 2.24) is 34.7 Å². The van der Waals surface area contributed by atoms with Crippen molar-refractivity contribution in [3.63, 3.8) is 0 Å². The molecular formula is C23H29ClF2N8O6S. The van der Waals surface area contributed by atoms with E-state index in [1.165, 1.54) is 51.5 Å². The first-order chi connectivity index (χ1) is 19.6. The second kappa shape index (κ2) is 13.1. The fourth-order valence-electron chi connectivity index (χ4n) is 4.65. The lowest BCUT2D eigenvalue weighted by Crippen LogP contribution is -2.33. The molecule has 14 nitrogen and oxygen atoms in total. The van der Waals surface area contributed by atoms with Crippen molar-refractivity contribution in [3.8, 4) is 17.4 Å². The Hall–Kier alpha value is -3.28. The van der Waals surface area contributed by atoms with E-state index in [-0.39, 0.29) is 40.2 Å². The van der Waals surface area contributed by atoms with Crippen LogP contribution in [-0.2, 0) is 19.5 Å². The lowest BCUT2D eigenvalue weighted by molar-refractivity contribution is -0.170. The standard InChI is InChI=1S/C23H29ClF2N8O6S/c1-12(17(37-2)18-27-9-14(24)10-28-18)41(35,36)33-23-32-31-19(13-5-7-15(8-6-13)40-22(25)26)34(23)16-20(38-3)29-11-30-21(16)39-4/h9-13,15,17,22H,5-8H2,1-4H3,(H,32,33)/t12-,13-,15-,17-/m0/s1. The second-order valence-corrected chi connectivity index (χ2v) is 11.6. The van der Waals surface area contributed by atoms with Crippen LogP contribution in [0, 0.1) is 0 Å². The smallest absolute Gasteiger partial charge is 0.345 e. The maximum Gasteiger partial charge on any atom is 0.345 e. The number of nitrogens with zero attached hydrogens (tertiary/aromatic N) is 7. The molecule has 18 heteroatoms. The van der Waals surface area contributed by atoms with E-state index < -0.39 is 34.1 Å². The Morgan fingerprint density at radius 1 is 1.00 bits per heavy atom. The van der Waals surface area contributed by atoms with Gasteiger partial charge in [-0.25, -0.2) is 18.4 Å². The molecule has 0 spiro atoms. The van der Waals surface area contributed by atoms with Gasteiger partial charge in [0.15, 0.2) is 11.5 Å². The molecule has 1 fully saturated rings. The van der Waals surface area contributed by atoms with Crippen LogP contribution in [0.3, 0.4) is 0 Å². The van der Waals surface area contributed by atoms with Crippen LogP contribution in [0.4, 0.5) is 14.7 Å². The van der Waals surface area contributed by atoms with Crippen LogP contribution in [-0.4, -0.2) is 82.4 Å². The van der Waals surface area contributed by atoms with E-state index in [1.807, 2.05) is 0 Å². The molecular weight excluding hydrogens is 590 g/mol. The number of hydrogen-bond acceptors (Lipinski definition) is 12. The van der Waals surface area contributed by atoms with Crippen LogP contribution in [0.2, 0.25) is 5.02 Å². The summed E-state index contributed by atoms with van der Waals surface area (Å²) in [6.07, 6.45) is 3.77. The Bertz CT molecular complexity index is 1400. The van der Waals surface area contributed by atoms with Crippen molar-refractivity contribution < 1.29 is 36.1 Å². The highest BCUT2D eigenvalue weighted by Gasteiger charge is 2.37. The van der Waals surface area contributed by atoms with Gasteiger partial charge in [0.2, 0.25) is 27.7 Å². The molecule has 3 aromatic rings. The summed E-state index contributed by atoms with van der Waals surface area (Å²) in [4.78, 5) is 16.5. The molecule has 224 valence electrons. The molecule has 1 saturated carbocycles. The van der Waals surface area contributed by atoms with Gasteiger partial charge in [-0.15, -0.1) is 10.2 Å². The van der Waals surface area contributed by atoms with Crippen molar-refractivity contribution in [2.45, 2.75) is 62.6 Å². The van der Waals surface area contributed by atoms with Crippen molar-refractivity contribution >= 4 is 27.6 Å². The summed E-state index contributed by atoms with van der Waals surface area (Å²) in [5, 5.41) is 7.50. The number of hydrogen-bond donors (Lipinski definition) is 1. The summed E-state index contributed by atoms with van der Waals surface area (Å²) in [5.41, 5.74) is 0.151. The van der Waals surface area contributed by atoms with E-state index in [0.717, 1.165) is 0 Å². The van der Waals surface area contributed by atoms with Gasteiger partial charge in [-0.2, -0.15) is 18.7 Å². The maximum atomic E-state index is 13.6. The van der Waals surface area contributed by atoms with Gasteiger partial charge < -0.3 is 18.9 Å². The number of aromatic nitrogens is 7. The summed E-state index contributed by atoms with van der Waals surface area (Å²) < 4.78 is 77.6. The third-order valence-electron chi connectivity index (χ3n) is 6.69. The predicted octanol–water partition coefficient (Wildman–Crippen LogP) is 3.30. The molecule has 3 aromatic heterocycles. The van der Waals surface area contributed by atoms with Crippen molar-refractivity contribution in [2.75, 3.05) is 26.1 Å². The molecule has 2 atom stereocenters. The zero-order valence-electron chi connectivity index (χ0n) is 22.6. The quantitative estimate of drug-likeness (QED) is 0.315. The number of methoxy groups -OCH3 is 3. The van der Waals surface area contributed by atoms with E-state index >= 15 is 0 Å². The molecule has 0 saturated heterocycles. The Balaban J connectivity index is 1.74. The van der Waals surface area contributed by atoms with E-state index in [1.54, 1.807) is 0 Å². The lowest BCUT2D eigenvalue weighted by atomic mass is 9.86. The molecule has 0 unspecified atom stereocenters. The van der Waals surface area contributed by atoms with Crippen molar-refractivity contribution in [2.24, 2.45) is 0 Å². The van der Waals surface area contributed by atoms with Gasteiger partial charge >= 0.3 is 6.61 Å². The molecule has 1 N–H and O–H groups in total. The highest BCUT2D eigenvalue weighted by molar-refractivity contribution is 7.93. The first-order valence-electron chi connectivity index (χ1n) is 12.4. The number of sulfonamides is 1. The first kappa shape index (κ1) is 30.7. The number of anilines is 1. The van der Waals surface area contributed by atoms with Crippen LogP contribution in [0.15, 0.2) is 18.7 Å². The van der Waals surface area contributed by atoms with Gasteiger partial charge in [0.1, 0.15) is 23.5 Å². The highest BCUT2D eigenvalue weighted by atomic mass is 35.5. The van der Waals surface area contributed by atoms with Crippen molar-refractivity contribution in [1.29, 1.82) is 0 Å². The molecule has 0 amide bonds. The zero-order valence-corrected chi connectivity index (χ0v) is 24.1. The largest absolute Gasteiger partial charge is 0.479 e. The summed E-state index contributed by atoms with van der Waals surface area (Å²) in [7, 11) is -0.139. The van der Waals surface area contributed by atoms with Gasteiger partial charge in [0.25, 0.3) is 0 Å². The zero-order chi connectivity index (χ0) is 29.7. The highest BCUT2D eigenvalue weighted by Crippen LogP contribution is 2.39. The van der Waals surface area contributed by atoms with E-state index in [9.17, 15) is 17.2 Å². The fourth-order valence-corrected chi connectivity index (χ4v) is 5.87. The van der Waals surface area contributed by atoms with Crippen LogP contribution in [0.5, 0.6) is 11.8 Å². The van der Waals surface area contributed by atoms with Crippen molar-refractivity contribution in [3.05, 3.63) is 35.4 Å². The van der Waals surface area contributed by atoms with E-state index in [2.05, 4.69) is 39.6 Å². The fraction of sp³-hybridized carbons (Fsp3) is 0.565. The summed E-state index contributed by atoms with van der Waals surface area (Å²) in [5.74, 6) is 0.0765. The van der Waals surface area contributed by atoms with Crippen LogP contribution in [0.25, 0.3) is 5.69 Å². The van der Waals surface area contributed by atoms with E-state index in [0.29, 0.717) is 31.5 Å². The van der Waals surface area contributed by atoms with Gasteiger partial charge in [-0.3, -0.25) is 9.29 Å². The van der Waals surface area contributed by atoms with Crippen LogP contribution >= 0.6 is 11.6 Å². The third-order valence-corrected chi connectivity index (χ3v) is 8.57. The first-order valence-corrected chi connectivity index (χ1v) is 14.4. The SMILES string of the molecule is COc1ncnc(OC)c1-n1c(NS(=O)(=O)[C@@H](C)[C@H](OC)c2ncc(Cl)cn2)nnc1[C@H]1CC[C@H](OC(F)F)CC1. The summed E-state index contributed by atoms with van der Waals surface area (Å²) in [6.45, 7) is -1.44. The molecule has 1 aliphatic rings. The average molecular weight is 619 g/mol. The molecule has 0 aromatic carbocycles. The predicted molar refractivity (Wildman–Crippen MR) is 141 cm³/mol. The van der Waals surface area contributed by atoms with Crippen LogP contribution < -0.4 is 14.2 Å². The van der Waals surface area contributed by atoms with E-state index in [4.69, 9.17) is 25.8 Å². The maximum absolute atomic E-state index is 13.6. The number of alkyl halides is 2. The van der Waals surface area contributed by atoms with Gasteiger partial charge in [-0.1, -0.05) is 11.6 Å². The third kappa shape index (κ3) is 6.79. The number of halogens is 3. The minimum atomic E-state index is -4.23. The Morgan fingerprint density at radius 2 is 1.61 bits per heavy atom. The number of nitrogens with one attached hydrogen (secondary N) is 1. The molecule has 3 heterocycles. The monoisotopic (exact) mass is 618 g/mol. The molecule has 41 heavy (non-hydrogen) atoms. The minimum Gasteiger partial charge on any atom is -0.479 e. The van der Waals surface area contributed by atoms with Gasteiger partial charge in [0.05, 0.1) is 25.3 Å². The Kier molecular flexibility index (Phi) is 9.83. The molecule has 4 rings (SSSR count). The summed E-state index contributed by atoms with van der Waals surface area (Å²) >= 11 is 5.87. The number of rotatable bonds is 12. The molecule has 0 aliphatic heterocycles. The Morgan fingerprint density at radius 3 is 2.15 bits per heavy atom. The number of ether oxygens (including phenoxy) is 4. The van der Waals surface area contributed by atoms with Crippen LogP contribution in [0.1, 0.15) is 56.3 Å².